The van der Waals surface area contributed by atoms with Gasteiger partial charge in [0.1, 0.15) is 18.0 Å². The van der Waals surface area contributed by atoms with E-state index in [-0.39, 0.29) is 17.1 Å². The third-order valence-corrected chi connectivity index (χ3v) is 4.44. The SMILES string of the molecule is CCn1c(CNc2ncnc(N)c2C(C)=N)cc2cccc(C)c2c1=O. The zero-order valence-corrected chi connectivity index (χ0v) is 15.1. The summed E-state index contributed by atoms with van der Waals surface area (Å²) in [6, 6.07) is 7.86. The van der Waals surface area contributed by atoms with Crippen molar-refractivity contribution in [3.8, 4) is 0 Å². The highest BCUT2D eigenvalue weighted by molar-refractivity contribution is 6.04. The van der Waals surface area contributed by atoms with E-state index in [4.69, 9.17) is 11.1 Å². The summed E-state index contributed by atoms with van der Waals surface area (Å²) < 4.78 is 1.75. The first-order valence-electron chi connectivity index (χ1n) is 8.46. The molecule has 26 heavy (non-hydrogen) atoms. The van der Waals surface area contributed by atoms with E-state index in [1.165, 1.54) is 6.33 Å². The highest BCUT2D eigenvalue weighted by Crippen LogP contribution is 2.20. The summed E-state index contributed by atoms with van der Waals surface area (Å²) in [5.41, 5.74) is 8.47. The molecule has 0 saturated heterocycles. The number of nitrogens with two attached hydrogens (primary N) is 1. The molecule has 7 heteroatoms. The summed E-state index contributed by atoms with van der Waals surface area (Å²) in [4.78, 5) is 21.0. The van der Waals surface area contributed by atoms with Crippen molar-refractivity contribution in [3.05, 3.63) is 57.8 Å². The first kappa shape index (κ1) is 17.6. The van der Waals surface area contributed by atoms with Crippen molar-refractivity contribution in [1.82, 2.24) is 14.5 Å². The summed E-state index contributed by atoms with van der Waals surface area (Å²) in [6.07, 6.45) is 1.36. The molecule has 0 spiro atoms. The molecule has 3 aromatic rings. The zero-order valence-electron chi connectivity index (χ0n) is 15.1. The Bertz CT molecular complexity index is 1050. The summed E-state index contributed by atoms with van der Waals surface area (Å²) in [7, 11) is 0. The van der Waals surface area contributed by atoms with Gasteiger partial charge in [0.2, 0.25) is 0 Å². The molecular formula is C19H22N6O. The van der Waals surface area contributed by atoms with Crippen LogP contribution >= 0.6 is 0 Å². The van der Waals surface area contributed by atoms with Crippen LogP contribution in [0.1, 0.15) is 30.7 Å². The van der Waals surface area contributed by atoms with Crippen LogP contribution in [0.5, 0.6) is 0 Å². The predicted octanol–water partition coefficient (Wildman–Crippen LogP) is 2.70. The molecule has 0 aliphatic heterocycles. The molecule has 0 atom stereocenters. The standard InChI is InChI=1S/C19H22N6O/c1-4-25-14(8-13-7-5-6-11(2)15(13)19(25)26)9-22-18-16(12(3)20)17(21)23-10-24-18/h5-8,10,20H,4,9H2,1-3H3,(H3,21,22,23,24). The Kier molecular flexibility index (Phi) is 4.71. The Labute approximate surface area is 151 Å². The highest BCUT2D eigenvalue weighted by atomic mass is 16.1. The van der Waals surface area contributed by atoms with Crippen molar-refractivity contribution in [2.45, 2.75) is 33.9 Å². The molecule has 0 aliphatic rings. The Balaban J connectivity index is 2.04. The summed E-state index contributed by atoms with van der Waals surface area (Å²) in [6.45, 7) is 6.50. The van der Waals surface area contributed by atoms with Crippen molar-refractivity contribution >= 4 is 28.1 Å². The number of pyridine rings is 1. The predicted molar refractivity (Wildman–Crippen MR) is 105 cm³/mol. The van der Waals surface area contributed by atoms with Gasteiger partial charge in [-0.15, -0.1) is 0 Å². The molecule has 0 bridgehead atoms. The molecule has 0 fully saturated rings. The van der Waals surface area contributed by atoms with Gasteiger partial charge in [0.05, 0.1) is 17.5 Å². The third-order valence-electron chi connectivity index (χ3n) is 4.44. The van der Waals surface area contributed by atoms with Crippen LogP contribution in [0.4, 0.5) is 11.6 Å². The molecular weight excluding hydrogens is 328 g/mol. The first-order valence-corrected chi connectivity index (χ1v) is 8.46. The summed E-state index contributed by atoms with van der Waals surface area (Å²) in [5, 5.41) is 12.8. The molecule has 0 saturated carbocycles. The van der Waals surface area contributed by atoms with Gasteiger partial charge in [-0.05, 0) is 37.8 Å². The zero-order chi connectivity index (χ0) is 18.8. The fourth-order valence-electron chi connectivity index (χ4n) is 3.20. The number of aromatic nitrogens is 3. The van der Waals surface area contributed by atoms with Crippen LogP contribution in [-0.2, 0) is 13.1 Å². The van der Waals surface area contributed by atoms with E-state index < -0.39 is 0 Å². The normalized spacial score (nSPS) is 10.9. The lowest BCUT2D eigenvalue weighted by Crippen LogP contribution is -2.25. The molecule has 2 heterocycles. The largest absolute Gasteiger partial charge is 0.383 e. The lowest BCUT2D eigenvalue weighted by atomic mass is 10.1. The molecule has 134 valence electrons. The van der Waals surface area contributed by atoms with Crippen LogP contribution < -0.4 is 16.6 Å². The summed E-state index contributed by atoms with van der Waals surface area (Å²) >= 11 is 0. The van der Waals surface area contributed by atoms with Gasteiger partial charge in [0.25, 0.3) is 5.56 Å². The average molecular weight is 350 g/mol. The van der Waals surface area contributed by atoms with Crippen molar-refractivity contribution in [2.75, 3.05) is 11.1 Å². The van der Waals surface area contributed by atoms with E-state index in [0.29, 0.717) is 24.5 Å². The molecule has 1 aromatic carbocycles. The fourth-order valence-corrected chi connectivity index (χ4v) is 3.20. The van der Waals surface area contributed by atoms with Crippen molar-refractivity contribution in [1.29, 1.82) is 5.41 Å². The van der Waals surface area contributed by atoms with Gasteiger partial charge in [-0.1, -0.05) is 18.2 Å². The number of aryl methyl sites for hydroxylation is 1. The number of nitrogens with one attached hydrogen (secondary N) is 2. The molecule has 0 amide bonds. The van der Waals surface area contributed by atoms with Gasteiger partial charge in [-0.25, -0.2) is 9.97 Å². The van der Waals surface area contributed by atoms with Crippen LogP contribution in [0.15, 0.2) is 35.4 Å². The number of anilines is 2. The monoisotopic (exact) mass is 350 g/mol. The maximum Gasteiger partial charge on any atom is 0.258 e. The van der Waals surface area contributed by atoms with Crippen LogP contribution in [0.3, 0.4) is 0 Å². The van der Waals surface area contributed by atoms with E-state index >= 15 is 0 Å². The van der Waals surface area contributed by atoms with Crippen molar-refractivity contribution in [3.63, 3.8) is 0 Å². The Morgan fingerprint density at radius 1 is 1.35 bits per heavy atom. The second-order valence-corrected chi connectivity index (χ2v) is 6.19. The number of fused-ring (bicyclic) bond motifs is 1. The number of nitrogen functional groups attached to an aromatic ring is 1. The maximum absolute atomic E-state index is 12.9. The van der Waals surface area contributed by atoms with E-state index in [1.807, 2.05) is 38.1 Å². The van der Waals surface area contributed by atoms with E-state index in [0.717, 1.165) is 22.0 Å². The van der Waals surface area contributed by atoms with Crippen molar-refractivity contribution in [2.24, 2.45) is 0 Å². The van der Waals surface area contributed by atoms with Gasteiger partial charge in [0, 0.05) is 18.0 Å². The summed E-state index contributed by atoms with van der Waals surface area (Å²) in [5.74, 6) is 0.751. The van der Waals surface area contributed by atoms with Crippen molar-refractivity contribution < 1.29 is 0 Å². The molecule has 4 N–H and O–H groups in total. The maximum atomic E-state index is 12.9. The van der Waals surface area contributed by atoms with E-state index in [2.05, 4.69) is 15.3 Å². The smallest absolute Gasteiger partial charge is 0.258 e. The number of hydrogen-bond acceptors (Lipinski definition) is 6. The van der Waals surface area contributed by atoms with Gasteiger partial charge in [-0.3, -0.25) is 4.79 Å². The van der Waals surface area contributed by atoms with Crippen LogP contribution in [0.2, 0.25) is 0 Å². The highest BCUT2D eigenvalue weighted by Gasteiger charge is 2.13. The molecule has 3 rings (SSSR count). The lowest BCUT2D eigenvalue weighted by molar-refractivity contribution is 0.689. The van der Waals surface area contributed by atoms with E-state index in [9.17, 15) is 4.79 Å². The van der Waals surface area contributed by atoms with Gasteiger partial charge < -0.3 is 21.0 Å². The Morgan fingerprint density at radius 2 is 2.12 bits per heavy atom. The minimum absolute atomic E-state index is 0.00515. The molecule has 0 radical (unpaired) electrons. The lowest BCUT2D eigenvalue weighted by Gasteiger charge is -2.16. The number of nitrogens with zero attached hydrogens (tertiary/aromatic N) is 3. The second kappa shape index (κ2) is 6.95. The molecule has 0 aliphatic carbocycles. The Hall–Kier alpha value is -3.22. The second-order valence-electron chi connectivity index (χ2n) is 6.19. The van der Waals surface area contributed by atoms with Gasteiger partial charge in [0.15, 0.2) is 0 Å². The average Bonchev–Trinajstić information content (AvgIpc) is 2.59. The minimum Gasteiger partial charge on any atom is -0.383 e. The Morgan fingerprint density at radius 3 is 2.81 bits per heavy atom. The molecule has 0 unspecified atom stereocenters. The number of rotatable bonds is 5. The quantitative estimate of drug-likeness (QED) is 0.613. The topological polar surface area (TPSA) is 110 Å². The van der Waals surface area contributed by atoms with Gasteiger partial charge >= 0.3 is 0 Å². The number of hydrogen-bond donors (Lipinski definition) is 3. The van der Waals surface area contributed by atoms with Crippen LogP contribution in [0, 0.1) is 12.3 Å². The van der Waals surface area contributed by atoms with Gasteiger partial charge in [-0.2, -0.15) is 0 Å². The first-order chi connectivity index (χ1) is 12.4. The molecule has 2 aromatic heterocycles. The molecule has 7 nitrogen and oxygen atoms in total. The minimum atomic E-state index is 0.00515. The van der Waals surface area contributed by atoms with E-state index in [1.54, 1.807) is 11.5 Å². The van der Waals surface area contributed by atoms with Crippen LogP contribution in [0.25, 0.3) is 10.8 Å². The fraction of sp³-hybridized carbons (Fsp3) is 0.263. The number of benzene rings is 1. The van der Waals surface area contributed by atoms with Crippen LogP contribution in [-0.4, -0.2) is 20.2 Å². The third kappa shape index (κ3) is 3.03.